The van der Waals surface area contributed by atoms with Gasteiger partial charge in [0.15, 0.2) is 0 Å². The number of carbonyl (C=O) groups is 1. The number of nitrogens with one attached hydrogen (secondary N) is 1. The molecule has 1 saturated heterocycles. The average molecular weight is 200 g/mol. The Balaban J connectivity index is 2.43. The third-order valence-corrected chi connectivity index (χ3v) is 2.82. The monoisotopic (exact) mass is 200 g/mol. The summed E-state index contributed by atoms with van der Waals surface area (Å²) in [5.74, 6) is 0.391. The van der Waals surface area contributed by atoms with E-state index in [9.17, 15) is 9.90 Å². The Morgan fingerprint density at radius 1 is 1.71 bits per heavy atom. The van der Waals surface area contributed by atoms with Crippen LogP contribution in [0.5, 0.6) is 0 Å². The first-order chi connectivity index (χ1) is 6.65. The number of rotatable bonds is 3. The van der Waals surface area contributed by atoms with E-state index >= 15 is 0 Å². The second-order valence-corrected chi connectivity index (χ2v) is 4.01. The van der Waals surface area contributed by atoms with Crippen molar-refractivity contribution in [1.82, 2.24) is 10.2 Å². The second-order valence-electron chi connectivity index (χ2n) is 4.01. The fourth-order valence-electron chi connectivity index (χ4n) is 1.89. The van der Waals surface area contributed by atoms with Gasteiger partial charge >= 0.3 is 0 Å². The second kappa shape index (κ2) is 5.32. The first kappa shape index (κ1) is 11.5. The van der Waals surface area contributed by atoms with Gasteiger partial charge in [-0.25, -0.2) is 0 Å². The first-order valence-corrected chi connectivity index (χ1v) is 5.25. The highest BCUT2D eigenvalue weighted by Crippen LogP contribution is 2.19. The van der Waals surface area contributed by atoms with Gasteiger partial charge in [-0.1, -0.05) is 0 Å². The Kier molecular flexibility index (Phi) is 4.35. The maximum atomic E-state index is 11.5. The molecule has 0 aromatic heterocycles. The lowest BCUT2D eigenvalue weighted by molar-refractivity contribution is -0.132. The lowest BCUT2D eigenvalue weighted by atomic mass is 9.93. The first-order valence-electron chi connectivity index (χ1n) is 5.25. The van der Waals surface area contributed by atoms with E-state index in [0.29, 0.717) is 13.1 Å². The maximum Gasteiger partial charge on any atom is 0.236 e. The Morgan fingerprint density at radius 2 is 2.43 bits per heavy atom. The zero-order chi connectivity index (χ0) is 10.6. The molecule has 0 unspecified atom stereocenters. The molecule has 1 rings (SSSR count). The molecule has 0 bridgehead atoms. The Bertz CT molecular complexity index is 195. The lowest BCUT2D eigenvalue weighted by Gasteiger charge is -2.34. The number of piperidine rings is 1. The van der Waals surface area contributed by atoms with Crippen LogP contribution in [0.15, 0.2) is 0 Å². The summed E-state index contributed by atoms with van der Waals surface area (Å²) < 4.78 is 0. The fraction of sp³-hybridized carbons (Fsp3) is 0.900. The number of likely N-dealkylation sites (tertiary alicyclic amines) is 1. The molecular formula is C10H20N2O2. The number of amides is 1. The third kappa shape index (κ3) is 2.96. The molecule has 1 amide bonds. The summed E-state index contributed by atoms with van der Waals surface area (Å²) in [5, 5.41) is 12.3. The average Bonchev–Trinajstić information content (AvgIpc) is 2.18. The molecule has 4 nitrogen and oxygen atoms in total. The van der Waals surface area contributed by atoms with Gasteiger partial charge in [-0.3, -0.25) is 4.79 Å². The highest BCUT2D eigenvalue weighted by atomic mass is 16.3. The fourth-order valence-corrected chi connectivity index (χ4v) is 1.89. The minimum absolute atomic E-state index is 0.137. The van der Waals surface area contributed by atoms with E-state index in [1.807, 2.05) is 4.90 Å². The molecule has 1 aliphatic heterocycles. The maximum absolute atomic E-state index is 11.5. The minimum Gasteiger partial charge on any atom is -0.393 e. The number of aliphatic hydroxyl groups is 1. The Hall–Kier alpha value is -0.610. The van der Waals surface area contributed by atoms with E-state index < -0.39 is 0 Å². The van der Waals surface area contributed by atoms with Crippen molar-refractivity contribution in [3.63, 3.8) is 0 Å². The van der Waals surface area contributed by atoms with Gasteiger partial charge in [0.05, 0.1) is 12.6 Å². The van der Waals surface area contributed by atoms with E-state index in [1.165, 1.54) is 0 Å². The standard InChI is InChI=1S/C10H20N2O2/c1-8(13)9-4-3-5-12(7-9)10(14)6-11-2/h8-9,11,13H,3-7H2,1-2H3/t8-,9+/m1/s1. The number of nitrogens with zero attached hydrogens (tertiary/aromatic N) is 1. The van der Waals surface area contributed by atoms with Crippen LogP contribution in [0.1, 0.15) is 19.8 Å². The van der Waals surface area contributed by atoms with Crippen LogP contribution in [0.25, 0.3) is 0 Å². The van der Waals surface area contributed by atoms with Crippen LogP contribution in [0.2, 0.25) is 0 Å². The van der Waals surface area contributed by atoms with Gasteiger partial charge in [-0.15, -0.1) is 0 Å². The van der Waals surface area contributed by atoms with E-state index in [-0.39, 0.29) is 17.9 Å². The van der Waals surface area contributed by atoms with Crippen molar-refractivity contribution in [3.05, 3.63) is 0 Å². The third-order valence-electron chi connectivity index (χ3n) is 2.82. The molecule has 0 radical (unpaired) electrons. The largest absolute Gasteiger partial charge is 0.393 e. The van der Waals surface area contributed by atoms with Crippen LogP contribution in [0.3, 0.4) is 0 Å². The van der Waals surface area contributed by atoms with E-state index in [1.54, 1.807) is 14.0 Å². The molecule has 2 N–H and O–H groups in total. The molecule has 4 heteroatoms. The molecule has 82 valence electrons. The summed E-state index contributed by atoms with van der Waals surface area (Å²) in [6.45, 7) is 3.74. The van der Waals surface area contributed by atoms with Crippen molar-refractivity contribution < 1.29 is 9.90 Å². The highest BCUT2D eigenvalue weighted by molar-refractivity contribution is 5.78. The van der Waals surface area contributed by atoms with E-state index in [4.69, 9.17) is 0 Å². The highest BCUT2D eigenvalue weighted by Gasteiger charge is 2.25. The Labute approximate surface area is 85.3 Å². The van der Waals surface area contributed by atoms with Gasteiger partial charge in [0.1, 0.15) is 0 Å². The molecule has 14 heavy (non-hydrogen) atoms. The quantitative estimate of drug-likeness (QED) is 0.665. The van der Waals surface area contributed by atoms with Crippen LogP contribution >= 0.6 is 0 Å². The van der Waals surface area contributed by atoms with Crippen molar-refractivity contribution in [2.45, 2.75) is 25.9 Å². The summed E-state index contributed by atoms with van der Waals surface area (Å²) in [4.78, 5) is 13.4. The van der Waals surface area contributed by atoms with Crippen LogP contribution in [-0.2, 0) is 4.79 Å². The minimum atomic E-state index is -0.305. The van der Waals surface area contributed by atoms with Crippen molar-refractivity contribution in [1.29, 1.82) is 0 Å². The molecule has 1 fully saturated rings. The smallest absolute Gasteiger partial charge is 0.236 e. The summed E-state index contributed by atoms with van der Waals surface area (Å²) in [5.41, 5.74) is 0. The van der Waals surface area contributed by atoms with Gasteiger partial charge in [-0.05, 0) is 26.8 Å². The van der Waals surface area contributed by atoms with Crippen molar-refractivity contribution >= 4 is 5.91 Å². The number of hydrogen-bond donors (Lipinski definition) is 2. The Morgan fingerprint density at radius 3 is 3.00 bits per heavy atom. The number of carbonyl (C=O) groups excluding carboxylic acids is 1. The molecule has 0 aromatic carbocycles. The SMILES string of the molecule is CNCC(=O)N1CCC[C@H]([C@@H](C)O)C1. The summed E-state index contributed by atoms with van der Waals surface area (Å²) in [6, 6.07) is 0. The number of hydrogen-bond acceptors (Lipinski definition) is 3. The summed E-state index contributed by atoms with van der Waals surface area (Å²) in [7, 11) is 1.77. The van der Waals surface area contributed by atoms with Crippen LogP contribution in [-0.4, -0.2) is 48.7 Å². The zero-order valence-corrected chi connectivity index (χ0v) is 8.99. The normalized spacial score (nSPS) is 24.8. The zero-order valence-electron chi connectivity index (χ0n) is 8.99. The van der Waals surface area contributed by atoms with Crippen LogP contribution in [0, 0.1) is 5.92 Å². The predicted molar refractivity (Wildman–Crippen MR) is 54.9 cm³/mol. The molecule has 0 spiro atoms. The van der Waals surface area contributed by atoms with Crippen molar-refractivity contribution in [2.24, 2.45) is 5.92 Å². The molecule has 0 saturated carbocycles. The van der Waals surface area contributed by atoms with Gasteiger partial charge in [0, 0.05) is 19.0 Å². The molecule has 0 aliphatic carbocycles. The van der Waals surface area contributed by atoms with Gasteiger partial charge in [0.25, 0.3) is 0 Å². The van der Waals surface area contributed by atoms with E-state index in [2.05, 4.69) is 5.32 Å². The topological polar surface area (TPSA) is 52.6 Å². The molecule has 1 aliphatic rings. The number of likely N-dealkylation sites (N-methyl/N-ethyl adjacent to an activating group) is 1. The summed E-state index contributed by atoms with van der Waals surface area (Å²) >= 11 is 0. The molecule has 2 atom stereocenters. The summed E-state index contributed by atoms with van der Waals surface area (Å²) in [6.07, 6.45) is 1.73. The van der Waals surface area contributed by atoms with E-state index in [0.717, 1.165) is 19.4 Å². The van der Waals surface area contributed by atoms with Crippen LogP contribution < -0.4 is 5.32 Å². The van der Waals surface area contributed by atoms with Gasteiger partial charge in [0.2, 0.25) is 5.91 Å². The lowest BCUT2D eigenvalue weighted by Crippen LogP contribution is -2.45. The molecule has 0 aromatic rings. The van der Waals surface area contributed by atoms with Crippen LogP contribution in [0.4, 0.5) is 0 Å². The van der Waals surface area contributed by atoms with Gasteiger partial charge in [-0.2, -0.15) is 0 Å². The molecular weight excluding hydrogens is 180 g/mol. The van der Waals surface area contributed by atoms with Gasteiger partial charge < -0.3 is 15.3 Å². The molecule has 1 heterocycles. The van der Waals surface area contributed by atoms with Crippen molar-refractivity contribution in [3.8, 4) is 0 Å². The number of aliphatic hydroxyl groups excluding tert-OH is 1. The predicted octanol–water partition coefficient (Wildman–Crippen LogP) is -0.175. The van der Waals surface area contributed by atoms with Crippen molar-refractivity contribution in [2.75, 3.05) is 26.7 Å².